The van der Waals surface area contributed by atoms with E-state index >= 15 is 0 Å². The third-order valence-electron chi connectivity index (χ3n) is 6.01. The molecule has 0 spiro atoms. The van der Waals surface area contributed by atoms with Gasteiger partial charge in [-0.3, -0.25) is 14.1 Å². The first kappa shape index (κ1) is 27.7. The van der Waals surface area contributed by atoms with Crippen molar-refractivity contribution in [3.05, 3.63) is 106 Å². The molecule has 5 rings (SSSR count). The summed E-state index contributed by atoms with van der Waals surface area (Å²) < 4.78 is 31.7. The number of benzene rings is 3. The van der Waals surface area contributed by atoms with E-state index < -0.39 is 10.1 Å². The van der Waals surface area contributed by atoms with Gasteiger partial charge in [-0.1, -0.05) is 66.6 Å². The standard InChI is InChI=1S/C21H22ClN5.C7H8O3S/c1-4-19-24-25-21-17(13-26(2)3)23-20(14-8-6-5-7-9-14)16-12-15(22)10-11-18(16)27(19)21;1-6-2-4-7(5-3-6)11(8,9)10/h5-12,17H,4,13H2,1-3H3;2-5H,1H3,(H,8,9,10). The van der Waals surface area contributed by atoms with E-state index in [1.54, 1.807) is 12.1 Å². The van der Waals surface area contributed by atoms with Crippen LogP contribution in [-0.4, -0.2) is 59.0 Å². The van der Waals surface area contributed by atoms with Crippen LogP contribution in [0.25, 0.3) is 5.69 Å². The Hall–Kier alpha value is -3.37. The molecule has 1 atom stereocenters. The van der Waals surface area contributed by atoms with Crippen molar-refractivity contribution in [2.75, 3.05) is 20.6 Å². The van der Waals surface area contributed by atoms with Crippen LogP contribution >= 0.6 is 11.6 Å². The number of hydrogen-bond donors (Lipinski definition) is 1. The molecule has 0 saturated heterocycles. The second-order valence-corrected chi connectivity index (χ2v) is 11.1. The summed E-state index contributed by atoms with van der Waals surface area (Å²) in [5.41, 5.74) is 5.00. The number of aliphatic imine (C=N–C) groups is 1. The summed E-state index contributed by atoms with van der Waals surface area (Å²) in [4.78, 5) is 7.21. The van der Waals surface area contributed by atoms with Crippen molar-refractivity contribution in [3.63, 3.8) is 0 Å². The quantitative estimate of drug-likeness (QED) is 0.343. The molecular formula is C28H30ClN5O3S. The van der Waals surface area contributed by atoms with Crippen LogP contribution < -0.4 is 0 Å². The Bertz CT molecular complexity index is 1550. The maximum absolute atomic E-state index is 10.5. The molecule has 1 aliphatic heterocycles. The fourth-order valence-electron chi connectivity index (χ4n) is 4.22. The summed E-state index contributed by atoms with van der Waals surface area (Å²) in [5.74, 6) is 1.80. The van der Waals surface area contributed by atoms with E-state index in [2.05, 4.69) is 38.7 Å². The molecule has 4 aromatic rings. The summed E-state index contributed by atoms with van der Waals surface area (Å²) in [6.07, 6.45) is 0.796. The van der Waals surface area contributed by atoms with Crippen molar-refractivity contribution in [1.29, 1.82) is 0 Å². The molecule has 1 unspecified atom stereocenters. The van der Waals surface area contributed by atoms with Gasteiger partial charge in [0.15, 0.2) is 5.82 Å². The fraction of sp³-hybridized carbons (Fsp3) is 0.250. The Morgan fingerprint density at radius 3 is 2.29 bits per heavy atom. The zero-order valence-corrected chi connectivity index (χ0v) is 23.3. The lowest BCUT2D eigenvalue weighted by Crippen LogP contribution is -2.21. The first-order chi connectivity index (χ1) is 18.1. The van der Waals surface area contributed by atoms with Crippen molar-refractivity contribution in [2.45, 2.75) is 31.2 Å². The van der Waals surface area contributed by atoms with E-state index in [-0.39, 0.29) is 10.9 Å². The number of aryl methyl sites for hydroxylation is 2. The summed E-state index contributed by atoms with van der Waals surface area (Å²) in [6.45, 7) is 4.69. The topological polar surface area (TPSA) is 101 Å². The molecule has 0 bridgehead atoms. The largest absolute Gasteiger partial charge is 0.307 e. The van der Waals surface area contributed by atoms with Gasteiger partial charge < -0.3 is 4.90 Å². The SMILES string of the molecule is CCc1nnc2n1-c1ccc(Cl)cc1C(c1ccccc1)=NC2CN(C)C.Cc1ccc(S(=O)(=O)O)cc1. The monoisotopic (exact) mass is 551 g/mol. The number of aromatic nitrogens is 3. The highest BCUT2D eigenvalue weighted by Gasteiger charge is 2.29. The highest BCUT2D eigenvalue weighted by Crippen LogP contribution is 2.32. The zero-order valence-electron chi connectivity index (χ0n) is 21.7. The third-order valence-corrected chi connectivity index (χ3v) is 7.12. The van der Waals surface area contributed by atoms with Crippen molar-refractivity contribution in [3.8, 4) is 5.69 Å². The minimum atomic E-state index is -4.02. The number of rotatable bonds is 5. The van der Waals surface area contributed by atoms with Crippen LogP contribution in [0, 0.1) is 6.92 Å². The maximum Gasteiger partial charge on any atom is 0.294 e. The molecule has 0 amide bonds. The van der Waals surface area contributed by atoms with Gasteiger partial charge in [-0.15, -0.1) is 10.2 Å². The van der Waals surface area contributed by atoms with E-state index in [1.165, 1.54) is 12.1 Å². The first-order valence-corrected chi connectivity index (χ1v) is 14.0. The van der Waals surface area contributed by atoms with Crippen molar-refractivity contribution in [1.82, 2.24) is 19.7 Å². The number of halogens is 1. The van der Waals surface area contributed by atoms with E-state index in [1.807, 2.05) is 57.4 Å². The van der Waals surface area contributed by atoms with Crippen LogP contribution in [0.4, 0.5) is 0 Å². The Balaban J connectivity index is 0.000000257. The second kappa shape index (κ2) is 11.6. The highest BCUT2D eigenvalue weighted by molar-refractivity contribution is 7.85. The minimum absolute atomic E-state index is 0.0666. The van der Waals surface area contributed by atoms with Crippen LogP contribution in [0.2, 0.25) is 5.02 Å². The Kier molecular flexibility index (Phi) is 8.42. The average molecular weight is 552 g/mol. The smallest absolute Gasteiger partial charge is 0.294 e. The molecule has 1 aromatic heterocycles. The molecule has 0 radical (unpaired) electrons. The number of fused-ring (bicyclic) bond motifs is 3. The number of hydrogen-bond acceptors (Lipinski definition) is 6. The second-order valence-electron chi connectivity index (χ2n) is 9.23. The van der Waals surface area contributed by atoms with Crippen LogP contribution in [0.5, 0.6) is 0 Å². The predicted octanol–water partition coefficient (Wildman–Crippen LogP) is 5.18. The molecule has 3 aromatic carbocycles. The van der Waals surface area contributed by atoms with Crippen LogP contribution in [-0.2, 0) is 16.5 Å². The van der Waals surface area contributed by atoms with Gasteiger partial charge in [0.2, 0.25) is 0 Å². The van der Waals surface area contributed by atoms with E-state index in [0.717, 1.165) is 52.7 Å². The number of likely N-dealkylation sites (N-methyl/N-ethyl adjacent to an activating group) is 1. The lowest BCUT2D eigenvalue weighted by molar-refractivity contribution is 0.370. The van der Waals surface area contributed by atoms with Crippen LogP contribution in [0.15, 0.2) is 82.7 Å². The zero-order chi connectivity index (χ0) is 27.4. The Morgan fingerprint density at radius 2 is 1.68 bits per heavy atom. The molecule has 8 nitrogen and oxygen atoms in total. The van der Waals surface area contributed by atoms with Crippen LogP contribution in [0.3, 0.4) is 0 Å². The van der Waals surface area contributed by atoms with Crippen molar-refractivity contribution < 1.29 is 13.0 Å². The fourth-order valence-corrected chi connectivity index (χ4v) is 4.87. The van der Waals surface area contributed by atoms with E-state index in [0.29, 0.717) is 5.02 Å². The minimum Gasteiger partial charge on any atom is -0.307 e. The molecule has 0 saturated carbocycles. The van der Waals surface area contributed by atoms with Gasteiger partial charge >= 0.3 is 0 Å². The van der Waals surface area contributed by atoms with Crippen LogP contribution in [0.1, 0.15) is 41.3 Å². The van der Waals surface area contributed by atoms with Gasteiger partial charge in [0.1, 0.15) is 11.9 Å². The molecule has 38 heavy (non-hydrogen) atoms. The molecular weight excluding hydrogens is 522 g/mol. The third kappa shape index (κ3) is 6.19. The summed E-state index contributed by atoms with van der Waals surface area (Å²) in [7, 11) is 0.0797. The highest BCUT2D eigenvalue weighted by atomic mass is 35.5. The molecule has 0 fully saturated rings. The molecule has 0 aliphatic carbocycles. The van der Waals surface area contributed by atoms with Gasteiger partial charge in [0.05, 0.1) is 16.3 Å². The summed E-state index contributed by atoms with van der Waals surface area (Å²) >= 11 is 6.37. The Morgan fingerprint density at radius 1 is 1.00 bits per heavy atom. The number of nitrogens with zero attached hydrogens (tertiary/aromatic N) is 5. The molecule has 10 heteroatoms. The van der Waals surface area contributed by atoms with E-state index in [4.69, 9.17) is 21.1 Å². The molecule has 1 aliphatic rings. The van der Waals surface area contributed by atoms with Crippen molar-refractivity contribution >= 4 is 27.4 Å². The Labute approximate surface area is 228 Å². The van der Waals surface area contributed by atoms with Gasteiger partial charge in [-0.25, -0.2) is 0 Å². The van der Waals surface area contributed by atoms with Gasteiger partial charge in [0.25, 0.3) is 10.1 Å². The van der Waals surface area contributed by atoms with Gasteiger partial charge in [0, 0.05) is 29.1 Å². The van der Waals surface area contributed by atoms with Gasteiger partial charge in [-0.2, -0.15) is 8.42 Å². The lowest BCUT2D eigenvalue weighted by Gasteiger charge is -2.17. The summed E-state index contributed by atoms with van der Waals surface area (Å²) in [6, 6.07) is 22.1. The lowest BCUT2D eigenvalue weighted by atomic mass is 10.0. The first-order valence-electron chi connectivity index (χ1n) is 12.1. The van der Waals surface area contributed by atoms with Gasteiger partial charge in [-0.05, 0) is 51.4 Å². The van der Waals surface area contributed by atoms with Crippen molar-refractivity contribution in [2.24, 2.45) is 4.99 Å². The van der Waals surface area contributed by atoms with E-state index in [9.17, 15) is 8.42 Å². The molecule has 1 N–H and O–H groups in total. The molecule has 198 valence electrons. The average Bonchev–Trinajstić information content (AvgIpc) is 3.26. The predicted molar refractivity (Wildman–Crippen MR) is 150 cm³/mol. The molecule has 2 heterocycles. The maximum atomic E-state index is 10.5. The summed E-state index contributed by atoms with van der Waals surface area (Å²) in [5, 5.41) is 9.64. The normalized spacial score (nSPS) is 14.6.